The Kier molecular flexibility index (Phi) is 3.03. The number of hydrogen-bond acceptors (Lipinski definition) is 6. The van der Waals surface area contributed by atoms with Crippen molar-refractivity contribution in [3.8, 4) is 23.1 Å². The molecule has 7 nitrogen and oxygen atoms in total. The van der Waals surface area contributed by atoms with Gasteiger partial charge >= 0.3 is 0 Å². The smallest absolute Gasteiger partial charge is 0.277 e. The maximum absolute atomic E-state index is 10.7. The molecule has 2 aromatic rings. The maximum Gasteiger partial charge on any atom is 0.277 e. The van der Waals surface area contributed by atoms with Crippen LogP contribution in [0.5, 0.6) is 23.1 Å². The Labute approximate surface area is 117 Å². The molecular weight excluding hydrogens is 288 g/mol. The molecule has 0 bridgehead atoms. The van der Waals surface area contributed by atoms with Gasteiger partial charge in [-0.2, -0.15) is 0 Å². The van der Waals surface area contributed by atoms with Gasteiger partial charge in [-0.3, -0.25) is 10.1 Å². The number of ether oxygens (including phenoxy) is 3. The van der Waals surface area contributed by atoms with E-state index in [0.717, 1.165) is 6.07 Å². The number of nitrogens with zero attached hydrogens (tertiary/aromatic N) is 2. The van der Waals surface area contributed by atoms with E-state index in [1.807, 2.05) is 0 Å². The monoisotopic (exact) mass is 294 g/mol. The van der Waals surface area contributed by atoms with Crippen molar-refractivity contribution in [3.05, 3.63) is 45.6 Å². The minimum absolute atomic E-state index is 0.0186. The van der Waals surface area contributed by atoms with Crippen LogP contribution < -0.4 is 14.2 Å². The Balaban J connectivity index is 1.89. The van der Waals surface area contributed by atoms with Crippen molar-refractivity contribution >= 4 is 17.3 Å². The molecule has 0 N–H and O–H groups in total. The fraction of sp³-hybridized carbons (Fsp3) is 0.0833. The molecule has 0 fully saturated rings. The zero-order valence-corrected chi connectivity index (χ0v) is 10.7. The normalized spacial score (nSPS) is 12.2. The van der Waals surface area contributed by atoms with Crippen LogP contribution >= 0.6 is 11.6 Å². The zero-order valence-electron chi connectivity index (χ0n) is 9.91. The van der Waals surface area contributed by atoms with Gasteiger partial charge in [-0.05, 0) is 12.1 Å². The first kappa shape index (κ1) is 12.5. The molecule has 0 aliphatic carbocycles. The van der Waals surface area contributed by atoms with Crippen LogP contribution in [-0.2, 0) is 0 Å². The molecular formula is C12H7ClN2O5. The second-order valence-corrected chi connectivity index (χ2v) is 4.25. The molecule has 0 saturated heterocycles. The predicted octanol–water partition coefficient (Wildman–Crippen LogP) is 3.16. The van der Waals surface area contributed by atoms with E-state index in [1.165, 1.54) is 6.07 Å². The fourth-order valence-electron chi connectivity index (χ4n) is 1.68. The molecule has 0 saturated carbocycles. The summed E-state index contributed by atoms with van der Waals surface area (Å²) in [6.45, 7) is 0.152. The van der Waals surface area contributed by atoms with Crippen molar-refractivity contribution in [1.82, 2.24) is 4.98 Å². The maximum atomic E-state index is 10.7. The van der Waals surface area contributed by atoms with Crippen LogP contribution in [0, 0.1) is 10.1 Å². The minimum atomic E-state index is -0.569. The molecule has 0 radical (unpaired) electrons. The highest BCUT2D eigenvalue weighted by Gasteiger charge is 2.16. The number of rotatable bonds is 3. The van der Waals surface area contributed by atoms with Gasteiger partial charge in [0, 0.05) is 6.07 Å². The van der Waals surface area contributed by atoms with Gasteiger partial charge < -0.3 is 14.2 Å². The van der Waals surface area contributed by atoms with Gasteiger partial charge in [0.2, 0.25) is 12.7 Å². The van der Waals surface area contributed by atoms with Crippen LogP contribution in [0.4, 0.5) is 5.69 Å². The van der Waals surface area contributed by atoms with Crippen molar-refractivity contribution in [2.45, 2.75) is 0 Å². The van der Waals surface area contributed by atoms with Crippen molar-refractivity contribution in [2.75, 3.05) is 6.79 Å². The number of nitro groups is 1. The molecule has 0 spiro atoms. The summed E-state index contributed by atoms with van der Waals surface area (Å²) in [5.41, 5.74) is -0.194. The molecule has 1 aliphatic heterocycles. The number of hydrogen-bond donors (Lipinski definition) is 0. The highest BCUT2D eigenvalue weighted by Crippen LogP contribution is 2.36. The van der Waals surface area contributed by atoms with Gasteiger partial charge in [0.1, 0.15) is 10.9 Å². The topological polar surface area (TPSA) is 83.7 Å². The Morgan fingerprint density at radius 1 is 1.25 bits per heavy atom. The second-order valence-electron chi connectivity index (χ2n) is 3.86. The highest BCUT2D eigenvalue weighted by atomic mass is 35.5. The van der Waals surface area contributed by atoms with Crippen LogP contribution in [0.15, 0.2) is 30.3 Å². The second kappa shape index (κ2) is 4.86. The Morgan fingerprint density at radius 2 is 2.05 bits per heavy atom. The summed E-state index contributed by atoms with van der Waals surface area (Å²) >= 11 is 5.71. The number of aromatic nitrogens is 1. The lowest BCUT2D eigenvalue weighted by atomic mass is 10.3. The van der Waals surface area contributed by atoms with E-state index in [0.29, 0.717) is 17.2 Å². The Hall–Kier alpha value is -2.54. The average Bonchev–Trinajstić information content (AvgIpc) is 2.85. The van der Waals surface area contributed by atoms with Gasteiger partial charge in [0.25, 0.3) is 5.69 Å². The third-order valence-electron chi connectivity index (χ3n) is 2.53. The molecule has 2 heterocycles. The first-order valence-corrected chi connectivity index (χ1v) is 5.89. The van der Waals surface area contributed by atoms with Crippen LogP contribution in [0.1, 0.15) is 0 Å². The summed E-state index contributed by atoms with van der Waals surface area (Å²) in [4.78, 5) is 14.0. The Bertz CT molecular complexity index is 692. The van der Waals surface area contributed by atoms with E-state index in [-0.39, 0.29) is 23.5 Å². The van der Waals surface area contributed by atoms with Crippen molar-refractivity contribution in [3.63, 3.8) is 0 Å². The molecule has 3 rings (SSSR count). The largest absolute Gasteiger partial charge is 0.454 e. The summed E-state index contributed by atoms with van der Waals surface area (Å²) in [6, 6.07) is 7.26. The van der Waals surface area contributed by atoms with Gasteiger partial charge in [0.15, 0.2) is 11.5 Å². The minimum Gasteiger partial charge on any atom is -0.454 e. The molecule has 0 unspecified atom stereocenters. The zero-order chi connectivity index (χ0) is 14.1. The molecule has 102 valence electrons. The van der Waals surface area contributed by atoms with E-state index in [9.17, 15) is 10.1 Å². The quantitative estimate of drug-likeness (QED) is 0.491. The van der Waals surface area contributed by atoms with Crippen LogP contribution in [0.25, 0.3) is 0 Å². The Morgan fingerprint density at radius 3 is 2.85 bits per heavy atom. The van der Waals surface area contributed by atoms with Gasteiger partial charge in [-0.25, -0.2) is 4.98 Å². The van der Waals surface area contributed by atoms with Gasteiger partial charge in [0.05, 0.1) is 17.1 Å². The number of pyridine rings is 1. The summed E-state index contributed by atoms with van der Waals surface area (Å²) < 4.78 is 15.8. The molecule has 0 amide bonds. The number of fused-ring (bicyclic) bond motifs is 1. The number of halogens is 1. The van der Waals surface area contributed by atoms with Gasteiger partial charge in [-0.15, -0.1) is 0 Å². The van der Waals surface area contributed by atoms with Crippen LogP contribution in [0.3, 0.4) is 0 Å². The summed E-state index contributed by atoms with van der Waals surface area (Å²) in [7, 11) is 0. The predicted molar refractivity (Wildman–Crippen MR) is 68.5 cm³/mol. The van der Waals surface area contributed by atoms with Gasteiger partial charge in [-0.1, -0.05) is 11.6 Å². The van der Waals surface area contributed by atoms with Crippen molar-refractivity contribution in [2.24, 2.45) is 0 Å². The lowest BCUT2D eigenvalue weighted by Gasteiger charge is -2.05. The molecule has 1 aromatic carbocycles. The summed E-state index contributed by atoms with van der Waals surface area (Å²) in [6.07, 6.45) is 0. The fourth-order valence-corrected chi connectivity index (χ4v) is 1.87. The van der Waals surface area contributed by atoms with Crippen LogP contribution in [-0.4, -0.2) is 16.7 Å². The van der Waals surface area contributed by atoms with Crippen molar-refractivity contribution < 1.29 is 19.1 Å². The molecule has 0 atom stereocenters. The lowest BCUT2D eigenvalue weighted by molar-refractivity contribution is -0.385. The SMILES string of the molecule is O=[N+]([O-])c1cc(Cl)nc(Oc2ccc3c(c2)OCO3)c1. The molecule has 1 aromatic heterocycles. The first-order valence-electron chi connectivity index (χ1n) is 5.51. The van der Waals surface area contributed by atoms with E-state index < -0.39 is 4.92 Å². The van der Waals surface area contributed by atoms with E-state index >= 15 is 0 Å². The van der Waals surface area contributed by atoms with Crippen molar-refractivity contribution in [1.29, 1.82) is 0 Å². The molecule has 1 aliphatic rings. The standard InChI is InChI=1S/C12H7ClN2O5/c13-11-3-7(15(16)17)4-12(14-11)20-8-1-2-9-10(5-8)19-6-18-9/h1-5H,6H2. The molecule has 8 heteroatoms. The highest BCUT2D eigenvalue weighted by molar-refractivity contribution is 6.29. The van der Waals surface area contributed by atoms with E-state index in [1.54, 1.807) is 18.2 Å². The van der Waals surface area contributed by atoms with E-state index in [4.69, 9.17) is 25.8 Å². The lowest BCUT2D eigenvalue weighted by Crippen LogP contribution is -1.93. The third-order valence-corrected chi connectivity index (χ3v) is 2.73. The average molecular weight is 295 g/mol. The number of benzene rings is 1. The summed E-state index contributed by atoms with van der Waals surface area (Å²) in [5, 5.41) is 10.7. The molecule has 20 heavy (non-hydrogen) atoms. The van der Waals surface area contributed by atoms with E-state index in [2.05, 4.69) is 4.98 Å². The first-order chi connectivity index (χ1) is 9.61. The third kappa shape index (κ3) is 2.43. The van der Waals surface area contributed by atoms with Crippen LogP contribution in [0.2, 0.25) is 5.15 Å². The summed E-state index contributed by atoms with van der Waals surface area (Å²) in [5.74, 6) is 1.60.